The third kappa shape index (κ3) is 5.75. The SMILES string of the molecule is CC(Nc1cc(Nc2ccnc(N3CCC(C)(O)CC3)n2)ncc1C(=N)N1CCNC1=O)C(F)(F)F. The van der Waals surface area contributed by atoms with Gasteiger partial charge in [0.05, 0.1) is 16.9 Å². The minimum absolute atomic E-state index is 0.00503. The summed E-state index contributed by atoms with van der Waals surface area (Å²) in [4.78, 5) is 28.1. The lowest BCUT2D eigenvalue weighted by Crippen LogP contribution is -2.43. The molecule has 194 valence electrons. The Kier molecular flexibility index (Phi) is 6.89. The molecule has 1 unspecified atom stereocenters. The maximum absolute atomic E-state index is 13.3. The predicted molar refractivity (Wildman–Crippen MR) is 128 cm³/mol. The van der Waals surface area contributed by atoms with Crippen molar-refractivity contribution in [3.63, 3.8) is 0 Å². The minimum Gasteiger partial charge on any atom is -0.390 e. The van der Waals surface area contributed by atoms with Gasteiger partial charge in [0, 0.05) is 44.6 Å². The normalized spacial score (nSPS) is 18.6. The first kappa shape index (κ1) is 25.4. The molecule has 2 aliphatic heterocycles. The monoisotopic (exact) mass is 507 g/mol. The van der Waals surface area contributed by atoms with Gasteiger partial charge >= 0.3 is 12.2 Å². The molecule has 0 saturated carbocycles. The molecule has 0 radical (unpaired) electrons. The Hall–Kier alpha value is -3.68. The van der Waals surface area contributed by atoms with Crippen molar-refractivity contribution >= 4 is 35.1 Å². The summed E-state index contributed by atoms with van der Waals surface area (Å²) < 4.78 is 39.9. The number of hydrogen-bond acceptors (Lipinski definition) is 9. The van der Waals surface area contributed by atoms with Gasteiger partial charge in [0.1, 0.15) is 23.5 Å². The van der Waals surface area contributed by atoms with Gasteiger partial charge in [-0.3, -0.25) is 10.3 Å². The molecule has 2 aromatic heterocycles. The first-order chi connectivity index (χ1) is 16.9. The third-order valence-electron chi connectivity index (χ3n) is 6.17. The van der Waals surface area contributed by atoms with E-state index < -0.39 is 23.9 Å². The smallest absolute Gasteiger partial charge is 0.390 e. The fourth-order valence-electron chi connectivity index (χ4n) is 3.87. The second-order valence-electron chi connectivity index (χ2n) is 9.11. The van der Waals surface area contributed by atoms with Crippen molar-refractivity contribution in [2.45, 2.75) is 44.5 Å². The van der Waals surface area contributed by atoms with Crippen molar-refractivity contribution < 1.29 is 23.1 Å². The second kappa shape index (κ2) is 9.76. The van der Waals surface area contributed by atoms with Gasteiger partial charge in [-0.25, -0.2) is 14.8 Å². The molecule has 2 saturated heterocycles. The van der Waals surface area contributed by atoms with Gasteiger partial charge < -0.3 is 26.0 Å². The number of carbonyl (C=O) groups excluding carboxylic acids is 1. The molecular formula is C22H28F3N9O2. The van der Waals surface area contributed by atoms with E-state index in [4.69, 9.17) is 5.41 Å². The van der Waals surface area contributed by atoms with E-state index in [0.717, 1.165) is 11.8 Å². The van der Waals surface area contributed by atoms with Gasteiger partial charge in [-0.05, 0) is 32.8 Å². The van der Waals surface area contributed by atoms with Crippen LogP contribution in [0.15, 0.2) is 24.5 Å². The van der Waals surface area contributed by atoms with E-state index in [1.54, 1.807) is 19.2 Å². The number of pyridine rings is 1. The highest BCUT2D eigenvalue weighted by atomic mass is 19.4. The van der Waals surface area contributed by atoms with Crippen molar-refractivity contribution in [1.82, 2.24) is 25.2 Å². The van der Waals surface area contributed by atoms with E-state index >= 15 is 0 Å². The highest BCUT2D eigenvalue weighted by Gasteiger charge is 2.37. The number of hydrogen-bond donors (Lipinski definition) is 5. The van der Waals surface area contributed by atoms with Crippen molar-refractivity contribution in [3.05, 3.63) is 30.1 Å². The van der Waals surface area contributed by atoms with E-state index in [-0.39, 0.29) is 29.4 Å². The largest absolute Gasteiger partial charge is 0.408 e. The minimum atomic E-state index is -4.53. The Labute approximate surface area is 205 Å². The van der Waals surface area contributed by atoms with Crippen LogP contribution < -0.4 is 20.9 Å². The number of anilines is 4. The topological polar surface area (TPSA) is 142 Å². The number of aliphatic hydroxyl groups is 1. The Morgan fingerprint density at radius 3 is 2.61 bits per heavy atom. The molecule has 2 aromatic rings. The van der Waals surface area contributed by atoms with E-state index in [0.29, 0.717) is 44.2 Å². The second-order valence-corrected chi connectivity index (χ2v) is 9.11. The Morgan fingerprint density at radius 1 is 1.25 bits per heavy atom. The average molecular weight is 508 g/mol. The van der Waals surface area contributed by atoms with Crippen LogP contribution in [0.3, 0.4) is 0 Å². The highest BCUT2D eigenvalue weighted by Crippen LogP contribution is 2.29. The van der Waals surface area contributed by atoms with Gasteiger partial charge in [-0.1, -0.05) is 0 Å². The number of aromatic nitrogens is 3. The number of nitrogens with one attached hydrogen (secondary N) is 4. The lowest BCUT2D eigenvalue weighted by atomic mass is 9.94. The fourth-order valence-corrected chi connectivity index (χ4v) is 3.87. The third-order valence-corrected chi connectivity index (χ3v) is 6.17. The first-order valence-electron chi connectivity index (χ1n) is 11.5. The van der Waals surface area contributed by atoms with E-state index in [9.17, 15) is 23.1 Å². The molecule has 4 rings (SSSR count). The van der Waals surface area contributed by atoms with Crippen LogP contribution in [0.2, 0.25) is 0 Å². The highest BCUT2D eigenvalue weighted by molar-refractivity contribution is 6.09. The standard InChI is InChI=1S/C22H28F3N9O2/c1-13(22(23,24)25)30-15-11-17(29-12-14(15)18(26)34-10-7-28-20(34)35)31-16-3-6-27-19(32-16)33-8-4-21(2,36)5-9-33/h3,6,11-13,26,36H,4-5,7-10H2,1-2H3,(H,28,35)(H2,27,29,30,31,32). The summed E-state index contributed by atoms with van der Waals surface area (Å²) in [6.07, 6.45) is -0.578. The van der Waals surface area contributed by atoms with Gasteiger partial charge in [0.2, 0.25) is 5.95 Å². The number of alkyl halides is 3. The number of piperidine rings is 1. The molecule has 4 heterocycles. The van der Waals surface area contributed by atoms with Gasteiger partial charge in [0.15, 0.2) is 0 Å². The van der Waals surface area contributed by atoms with Crippen LogP contribution in [0, 0.1) is 5.41 Å². The summed E-state index contributed by atoms with van der Waals surface area (Å²) in [5.74, 6) is 0.770. The zero-order valence-electron chi connectivity index (χ0n) is 19.9. The number of halogens is 3. The Balaban J connectivity index is 1.58. The number of carbonyl (C=O) groups is 1. The summed E-state index contributed by atoms with van der Waals surface area (Å²) in [6.45, 7) is 4.48. The van der Waals surface area contributed by atoms with Crippen LogP contribution in [0.25, 0.3) is 0 Å². The number of rotatable bonds is 6. The summed E-state index contributed by atoms with van der Waals surface area (Å²) in [5.41, 5.74) is -0.676. The average Bonchev–Trinajstić information content (AvgIpc) is 3.24. The van der Waals surface area contributed by atoms with Crippen LogP contribution >= 0.6 is 0 Å². The molecule has 0 aliphatic carbocycles. The molecule has 2 amide bonds. The summed E-state index contributed by atoms with van der Waals surface area (Å²) in [7, 11) is 0. The van der Waals surface area contributed by atoms with Gasteiger partial charge in [-0.2, -0.15) is 18.2 Å². The molecule has 11 nitrogen and oxygen atoms in total. The van der Waals surface area contributed by atoms with E-state index in [1.165, 1.54) is 12.3 Å². The molecule has 2 aliphatic rings. The summed E-state index contributed by atoms with van der Waals surface area (Å²) in [6, 6.07) is 0.541. The van der Waals surface area contributed by atoms with E-state index in [1.807, 2.05) is 4.90 Å². The van der Waals surface area contributed by atoms with Crippen LogP contribution in [0.4, 0.5) is 41.2 Å². The maximum atomic E-state index is 13.3. The van der Waals surface area contributed by atoms with Gasteiger partial charge in [-0.15, -0.1) is 0 Å². The van der Waals surface area contributed by atoms with Crippen molar-refractivity contribution in [2.75, 3.05) is 41.7 Å². The summed E-state index contributed by atoms with van der Waals surface area (Å²) >= 11 is 0. The predicted octanol–water partition coefficient (Wildman–Crippen LogP) is 2.68. The molecular weight excluding hydrogens is 479 g/mol. The molecule has 36 heavy (non-hydrogen) atoms. The van der Waals surface area contributed by atoms with Crippen molar-refractivity contribution in [1.29, 1.82) is 5.41 Å². The maximum Gasteiger partial charge on any atom is 0.408 e. The Bertz CT molecular complexity index is 1130. The molecule has 5 N–H and O–H groups in total. The fraction of sp³-hybridized carbons (Fsp3) is 0.500. The molecule has 0 spiro atoms. The summed E-state index contributed by atoms with van der Waals surface area (Å²) in [5, 5.41) is 26.5. The first-order valence-corrected chi connectivity index (χ1v) is 11.5. The number of nitrogens with zero attached hydrogens (tertiary/aromatic N) is 5. The molecule has 0 bridgehead atoms. The van der Waals surface area contributed by atoms with Crippen molar-refractivity contribution in [2.24, 2.45) is 0 Å². The Morgan fingerprint density at radius 2 is 1.97 bits per heavy atom. The zero-order valence-corrected chi connectivity index (χ0v) is 19.9. The van der Waals surface area contributed by atoms with E-state index in [2.05, 4.69) is 30.9 Å². The van der Waals surface area contributed by atoms with Crippen LogP contribution in [0.1, 0.15) is 32.3 Å². The quantitative estimate of drug-likeness (QED) is 0.297. The molecule has 0 aromatic carbocycles. The lowest BCUT2D eigenvalue weighted by molar-refractivity contribution is -0.138. The number of amidine groups is 1. The molecule has 2 fully saturated rings. The van der Waals surface area contributed by atoms with Crippen molar-refractivity contribution in [3.8, 4) is 0 Å². The number of amides is 2. The van der Waals surface area contributed by atoms with Crippen LogP contribution in [0.5, 0.6) is 0 Å². The van der Waals surface area contributed by atoms with Gasteiger partial charge in [0.25, 0.3) is 0 Å². The van der Waals surface area contributed by atoms with Crippen LogP contribution in [-0.4, -0.2) is 80.8 Å². The molecule has 1 atom stereocenters. The van der Waals surface area contributed by atoms with Crippen LogP contribution in [-0.2, 0) is 0 Å². The zero-order chi connectivity index (χ0) is 26.1. The number of urea groups is 1. The molecule has 14 heteroatoms. The lowest BCUT2D eigenvalue weighted by Gasteiger charge is -2.35.